The third-order valence-electron chi connectivity index (χ3n) is 6.57. The van der Waals surface area contributed by atoms with Gasteiger partial charge in [0.05, 0.1) is 12.2 Å². The van der Waals surface area contributed by atoms with E-state index in [1.165, 1.54) is 0 Å². The van der Waals surface area contributed by atoms with Gasteiger partial charge < -0.3 is 15.6 Å². The summed E-state index contributed by atoms with van der Waals surface area (Å²) in [5.74, 6) is -0.109. The van der Waals surface area contributed by atoms with Crippen molar-refractivity contribution in [2.45, 2.75) is 19.0 Å². The Labute approximate surface area is 225 Å². The lowest BCUT2D eigenvalue weighted by Crippen LogP contribution is -2.30. The van der Waals surface area contributed by atoms with Crippen molar-refractivity contribution in [2.24, 2.45) is 0 Å². The number of hydrogen-bond acceptors (Lipinski definition) is 4. The molecule has 192 valence electrons. The first-order valence-electron chi connectivity index (χ1n) is 12.4. The van der Waals surface area contributed by atoms with Crippen LogP contribution in [0.5, 0.6) is 0 Å². The van der Waals surface area contributed by atoms with Gasteiger partial charge in [0, 0.05) is 53.0 Å². The Morgan fingerprint density at radius 1 is 1.03 bits per heavy atom. The fourth-order valence-corrected chi connectivity index (χ4v) is 4.64. The second-order valence-electron chi connectivity index (χ2n) is 9.10. The maximum Gasteiger partial charge on any atom is 0.241 e. The number of halogens is 1. The minimum atomic E-state index is -0.481. The summed E-state index contributed by atoms with van der Waals surface area (Å²) < 4.78 is 1.60. The van der Waals surface area contributed by atoms with Crippen LogP contribution in [0.4, 0.5) is 0 Å². The molecule has 1 atom stereocenters. The molecule has 0 bridgehead atoms. The van der Waals surface area contributed by atoms with Crippen molar-refractivity contribution >= 4 is 34.2 Å². The molecule has 2 aromatic heterocycles. The molecule has 5 aromatic rings. The molecule has 3 aromatic carbocycles. The molecule has 0 fully saturated rings. The monoisotopic (exact) mass is 525 g/mol. The Morgan fingerprint density at radius 2 is 1.82 bits per heavy atom. The van der Waals surface area contributed by atoms with Crippen LogP contribution in [0.1, 0.15) is 27.5 Å². The molecule has 0 spiro atoms. The molecule has 0 aliphatic carbocycles. The normalized spacial score (nSPS) is 11.9. The van der Waals surface area contributed by atoms with E-state index < -0.39 is 6.04 Å². The number of carbonyl (C=O) groups excluding carboxylic acids is 2. The summed E-state index contributed by atoms with van der Waals surface area (Å²) in [4.78, 5) is 28.8. The van der Waals surface area contributed by atoms with E-state index in [1.54, 1.807) is 24.1 Å². The Bertz CT molecular complexity index is 1560. The number of benzene rings is 3. The van der Waals surface area contributed by atoms with Crippen LogP contribution in [0.3, 0.4) is 0 Å². The standard InChI is InChI=1S/C30H28ClN5O2/c1-32-28(37)19-36-18-23(16-35-36)22-9-12-25-26(17-34-27(25)15-22)30(38)29(21-5-3-2-4-6-21)33-14-13-20-7-10-24(31)11-8-20/h2-12,15-18,29,33-34H,13-14,19H2,1H3,(H,32,37). The molecule has 3 N–H and O–H groups in total. The molecule has 0 saturated heterocycles. The first kappa shape index (κ1) is 25.4. The van der Waals surface area contributed by atoms with Crippen LogP contribution >= 0.6 is 11.6 Å². The number of carbonyl (C=O) groups is 2. The molecule has 1 unspecified atom stereocenters. The minimum absolute atomic E-state index is 0.00436. The van der Waals surface area contributed by atoms with Crippen LogP contribution < -0.4 is 10.6 Å². The number of ketones is 1. The van der Waals surface area contributed by atoms with Gasteiger partial charge in [-0.25, -0.2) is 0 Å². The zero-order valence-electron chi connectivity index (χ0n) is 20.9. The Balaban J connectivity index is 1.37. The van der Waals surface area contributed by atoms with Gasteiger partial charge in [-0.1, -0.05) is 66.2 Å². The van der Waals surface area contributed by atoms with E-state index >= 15 is 0 Å². The van der Waals surface area contributed by atoms with E-state index in [9.17, 15) is 9.59 Å². The fraction of sp³-hybridized carbons (Fsp3) is 0.167. The maximum absolute atomic E-state index is 13.8. The molecule has 8 heteroatoms. The summed E-state index contributed by atoms with van der Waals surface area (Å²) in [5, 5.41) is 11.9. The fourth-order valence-electron chi connectivity index (χ4n) is 4.51. The number of fused-ring (bicyclic) bond motifs is 1. The van der Waals surface area contributed by atoms with E-state index in [0.717, 1.165) is 39.6 Å². The van der Waals surface area contributed by atoms with Gasteiger partial charge in [0.2, 0.25) is 5.91 Å². The quantitative estimate of drug-likeness (QED) is 0.219. The van der Waals surface area contributed by atoms with Crippen LogP contribution in [-0.2, 0) is 17.8 Å². The van der Waals surface area contributed by atoms with Crippen molar-refractivity contribution in [1.82, 2.24) is 25.4 Å². The maximum atomic E-state index is 13.8. The van der Waals surface area contributed by atoms with E-state index in [2.05, 4.69) is 20.7 Å². The second kappa shape index (κ2) is 11.5. The molecule has 0 radical (unpaired) electrons. The van der Waals surface area contributed by atoms with Gasteiger partial charge in [0.25, 0.3) is 0 Å². The van der Waals surface area contributed by atoms with Gasteiger partial charge in [-0.15, -0.1) is 0 Å². The predicted molar refractivity (Wildman–Crippen MR) is 150 cm³/mol. The first-order valence-corrected chi connectivity index (χ1v) is 12.8. The number of H-pyrrole nitrogens is 1. The van der Waals surface area contributed by atoms with Crippen LogP contribution in [0.25, 0.3) is 22.0 Å². The lowest BCUT2D eigenvalue weighted by molar-refractivity contribution is -0.121. The molecule has 0 aliphatic heterocycles. The van der Waals surface area contributed by atoms with Crippen LogP contribution in [0, 0.1) is 0 Å². The highest BCUT2D eigenvalue weighted by atomic mass is 35.5. The minimum Gasteiger partial charge on any atom is -0.360 e. The highest BCUT2D eigenvalue weighted by Gasteiger charge is 2.24. The number of Topliss-reactive ketones (excluding diaryl/α,β-unsaturated/α-hetero) is 1. The van der Waals surface area contributed by atoms with E-state index in [1.807, 2.05) is 79.0 Å². The van der Waals surface area contributed by atoms with E-state index in [4.69, 9.17) is 11.6 Å². The molecule has 1 amide bonds. The average Bonchev–Trinajstić information content (AvgIpc) is 3.59. The summed E-state index contributed by atoms with van der Waals surface area (Å²) >= 11 is 6.01. The summed E-state index contributed by atoms with van der Waals surface area (Å²) in [6.07, 6.45) is 6.12. The molecular formula is C30H28ClN5O2. The van der Waals surface area contributed by atoms with E-state index in [0.29, 0.717) is 17.1 Å². The molecule has 38 heavy (non-hydrogen) atoms. The third kappa shape index (κ3) is 5.69. The highest BCUT2D eigenvalue weighted by Crippen LogP contribution is 2.29. The van der Waals surface area contributed by atoms with E-state index in [-0.39, 0.29) is 18.2 Å². The summed E-state index contributed by atoms with van der Waals surface area (Å²) in [6, 6.07) is 23.0. The number of nitrogens with one attached hydrogen (secondary N) is 3. The number of amides is 1. The number of nitrogens with zero attached hydrogens (tertiary/aromatic N) is 2. The molecule has 2 heterocycles. The van der Waals surface area contributed by atoms with Crippen molar-refractivity contribution in [3.05, 3.63) is 113 Å². The molecular weight excluding hydrogens is 498 g/mol. The van der Waals surface area contributed by atoms with Crippen molar-refractivity contribution in [2.75, 3.05) is 13.6 Å². The van der Waals surface area contributed by atoms with Crippen LogP contribution in [0.2, 0.25) is 5.02 Å². The van der Waals surface area contributed by atoms with Gasteiger partial charge in [-0.3, -0.25) is 14.3 Å². The van der Waals surface area contributed by atoms with Crippen LogP contribution in [-0.4, -0.2) is 40.0 Å². The molecule has 5 rings (SSSR count). The van der Waals surface area contributed by atoms with Crippen molar-refractivity contribution in [3.63, 3.8) is 0 Å². The summed E-state index contributed by atoms with van der Waals surface area (Å²) in [7, 11) is 1.60. The molecule has 0 aliphatic rings. The smallest absolute Gasteiger partial charge is 0.241 e. The second-order valence-corrected chi connectivity index (χ2v) is 9.54. The van der Waals surface area contributed by atoms with Crippen molar-refractivity contribution in [1.29, 1.82) is 0 Å². The Hall–Kier alpha value is -4.20. The topological polar surface area (TPSA) is 91.8 Å². The Kier molecular flexibility index (Phi) is 7.67. The third-order valence-corrected chi connectivity index (χ3v) is 6.82. The number of rotatable bonds is 10. The lowest BCUT2D eigenvalue weighted by atomic mass is 9.96. The predicted octanol–water partition coefficient (Wildman–Crippen LogP) is 5.19. The van der Waals surface area contributed by atoms with Crippen molar-refractivity contribution < 1.29 is 9.59 Å². The molecule has 7 nitrogen and oxygen atoms in total. The molecule has 0 saturated carbocycles. The average molecular weight is 526 g/mol. The number of likely N-dealkylation sites (N-methyl/N-ethyl adjacent to an activating group) is 1. The van der Waals surface area contributed by atoms with Gasteiger partial charge in [-0.2, -0.15) is 5.10 Å². The zero-order valence-corrected chi connectivity index (χ0v) is 21.7. The van der Waals surface area contributed by atoms with Crippen molar-refractivity contribution in [3.8, 4) is 11.1 Å². The summed E-state index contributed by atoms with van der Waals surface area (Å²) in [6.45, 7) is 0.797. The lowest BCUT2D eigenvalue weighted by Gasteiger charge is -2.18. The Morgan fingerprint density at radius 3 is 2.58 bits per heavy atom. The zero-order chi connectivity index (χ0) is 26.5. The summed E-state index contributed by atoms with van der Waals surface area (Å²) in [5.41, 5.74) is 5.40. The number of hydrogen-bond donors (Lipinski definition) is 3. The highest BCUT2D eigenvalue weighted by molar-refractivity contribution is 6.30. The SMILES string of the molecule is CNC(=O)Cn1cc(-c2ccc3c(C(=O)C(NCCc4ccc(Cl)cc4)c4ccccc4)c[nH]c3c2)cn1. The van der Waals surface area contributed by atoms with Gasteiger partial charge in [0.1, 0.15) is 6.54 Å². The number of aromatic amines is 1. The van der Waals surface area contributed by atoms with Gasteiger partial charge in [-0.05, 0) is 41.3 Å². The first-order chi connectivity index (χ1) is 18.5. The number of aromatic nitrogens is 3. The van der Waals surface area contributed by atoms with Gasteiger partial charge >= 0.3 is 0 Å². The van der Waals surface area contributed by atoms with Gasteiger partial charge in [0.15, 0.2) is 5.78 Å². The van der Waals surface area contributed by atoms with Crippen LogP contribution in [0.15, 0.2) is 91.4 Å². The largest absolute Gasteiger partial charge is 0.360 e.